The summed E-state index contributed by atoms with van der Waals surface area (Å²) in [4.78, 5) is 11.8. The molecule has 14 heavy (non-hydrogen) atoms. The van der Waals surface area contributed by atoms with Gasteiger partial charge in [0.1, 0.15) is 5.78 Å². The Bertz CT molecular complexity index is 270. The molecular formula is C12H19NO. The maximum atomic E-state index is 11.8. The lowest BCUT2D eigenvalue weighted by atomic mass is 9.47. The van der Waals surface area contributed by atoms with E-state index in [2.05, 4.69) is 0 Å². The lowest BCUT2D eigenvalue weighted by molar-refractivity contribution is -0.143. The second-order valence-corrected chi connectivity index (χ2v) is 5.88. The minimum atomic E-state index is 0.0619. The van der Waals surface area contributed by atoms with Gasteiger partial charge in [-0.05, 0) is 56.8 Å². The van der Waals surface area contributed by atoms with Crippen molar-refractivity contribution in [3.8, 4) is 0 Å². The van der Waals surface area contributed by atoms with Crippen LogP contribution in [0, 0.1) is 23.2 Å². The fraction of sp³-hybridized carbons (Fsp3) is 0.917. The summed E-state index contributed by atoms with van der Waals surface area (Å²) in [6.07, 6.45) is 5.95. The predicted molar refractivity (Wildman–Crippen MR) is 54.6 cm³/mol. The van der Waals surface area contributed by atoms with Crippen molar-refractivity contribution in [2.24, 2.45) is 28.9 Å². The molecule has 0 aromatic heterocycles. The van der Waals surface area contributed by atoms with Crippen molar-refractivity contribution in [2.45, 2.75) is 45.1 Å². The highest BCUT2D eigenvalue weighted by atomic mass is 16.1. The van der Waals surface area contributed by atoms with E-state index in [1.54, 1.807) is 6.92 Å². The zero-order chi connectivity index (χ0) is 9.92. The Labute approximate surface area is 85.2 Å². The molecule has 0 aromatic carbocycles. The molecule has 2 N–H and O–H groups in total. The van der Waals surface area contributed by atoms with Crippen molar-refractivity contribution in [2.75, 3.05) is 0 Å². The van der Waals surface area contributed by atoms with Crippen molar-refractivity contribution in [1.82, 2.24) is 0 Å². The quantitative estimate of drug-likeness (QED) is 0.689. The van der Waals surface area contributed by atoms with E-state index in [4.69, 9.17) is 5.73 Å². The molecule has 0 amide bonds. The molecule has 4 fully saturated rings. The van der Waals surface area contributed by atoms with E-state index in [-0.39, 0.29) is 5.41 Å². The second-order valence-electron chi connectivity index (χ2n) is 5.88. The fourth-order valence-electron chi connectivity index (χ4n) is 4.49. The first-order valence-corrected chi connectivity index (χ1v) is 5.87. The fourth-order valence-corrected chi connectivity index (χ4v) is 4.49. The molecule has 2 atom stereocenters. The average molecular weight is 193 g/mol. The molecule has 2 heteroatoms. The van der Waals surface area contributed by atoms with E-state index < -0.39 is 0 Å². The highest BCUT2D eigenvalue weighted by Gasteiger charge is 2.56. The third kappa shape index (κ3) is 0.979. The molecule has 4 saturated carbocycles. The monoisotopic (exact) mass is 193 g/mol. The Balaban J connectivity index is 1.96. The number of hydrogen-bond acceptors (Lipinski definition) is 2. The standard InChI is InChI=1S/C12H19NO/c1-7(14)12-4-8-2-9(5-12)11(13)10(3-8)6-12/h8-11H,2-6,13H2,1H3. The number of nitrogens with two attached hydrogens (primary N) is 1. The Morgan fingerprint density at radius 3 is 2.29 bits per heavy atom. The molecule has 0 saturated heterocycles. The zero-order valence-corrected chi connectivity index (χ0v) is 8.83. The molecular weight excluding hydrogens is 174 g/mol. The molecule has 4 bridgehead atoms. The van der Waals surface area contributed by atoms with Crippen LogP contribution in [0.1, 0.15) is 39.0 Å². The first-order chi connectivity index (χ1) is 6.61. The Hall–Kier alpha value is -0.370. The zero-order valence-electron chi connectivity index (χ0n) is 8.83. The van der Waals surface area contributed by atoms with Crippen LogP contribution in [0.15, 0.2) is 0 Å². The van der Waals surface area contributed by atoms with E-state index in [9.17, 15) is 4.79 Å². The average Bonchev–Trinajstić information content (AvgIpc) is 2.12. The lowest BCUT2D eigenvalue weighted by Crippen LogP contribution is -2.58. The van der Waals surface area contributed by atoms with Crippen LogP contribution in [-0.2, 0) is 4.79 Å². The van der Waals surface area contributed by atoms with Gasteiger partial charge in [-0.2, -0.15) is 0 Å². The minimum absolute atomic E-state index is 0.0619. The number of Topliss-reactive ketones (excluding diaryl/α,β-unsaturated/α-hetero) is 1. The lowest BCUT2D eigenvalue weighted by Gasteiger charge is -2.58. The summed E-state index contributed by atoms with van der Waals surface area (Å²) in [5.74, 6) is 2.57. The molecule has 0 aromatic rings. The van der Waals surface area contributed by atoms with Gasteiger partial charge in [-0.1, -0.05) is 0 Å². The highest BCUT2D eigenvalue weighted by Crippen LogP contribution is 2.59. The van der Waals surface area contributed by atoms with Crippen LogP contribution in [0.5, 0.6) is 0 Å². The summed E-state index contributed by atoms with van der Waals surface area (Å²) in [5, 5.41) is 0. The van der Waals surface area contributed by atoms with Gasteiger partial charge in [0.15, 0.2) is 0 Å². The van der Waals surface area contributed by atoms with E-state index in [1.807, 2.05) is 0 Å². The number of rotatable bonds is 1. The molecule has 2 unspecified atom stereocenters. The third-order valence-electron chi connectivity index (χ3n) is 5.09. The molecule has 4 aliphatic rings. The summed E-state index contributed by atoms with van der Waals surface area (Å²) in [6, 6.07) is 0.402. The number of ketones is 1. The molecule has 0 spiro atoms. The molecule has 4 rings (SSSR count). The van der Waals surface area contributed by atoms with E-state index in [1.165, 1.54) is 19.3 Å². The normalized spacial score (nSPS) is 55.0. The van der Waals surface area contributed by atoms with Gasteiger partial charge in [0, 0.05) is 11.5 Å². The van der Waals surface area contributed by atoms with Crippen molar-refractivity contribution in [3.05, 3.63) is 0 Å². The van der Waals surface area contributed by atoms with Gasteiger partial charge < -0.3 is 5.73 Å². The molecule has 0 heterocycles. The summed E-state index contributed by atoms with van der Waals surface area (Å²) < 4.78 is 0. The Kier molecular flexibility index (Phi) is 1.65. The predicted octanol–water partition coefficient (Wildman–Crippen LogP) is 1.73. The molecule has 4 aliphatic carbocycles. The van der Waals surface area contributed by atoms with Crippen LogP contribution < -0.4 is 5.73 Å². The Morgan fingerprint density at radius 1 is 1.21 bits per heavy atom. The SMILES string of the molecule is CC(=O)C12CC3CC(C1)C(N)C(C3)C2. The highest BCUT2D eigenvalue weighted by molar-refractivity contribution is 5.82. The topological polar surface area (TPSA) is 43.1 Å². The maximum Gasteiger partial charge on any atom is 0.135 e. The van der Waals surface area contributed by atoms with Gasteiger partial charge >= 0.3 is 0 Å². The van der Waals surface area contributed by atoms with E-state index >= 15 is 0 Å². The summed E-state index contributed by atoms with van der Waals surface area (Å²) >= 11 is 0. The Morgan fingerprint density at radius 2 is 1.79 bits per heavy atom. The van der Waals surface area contributed by atoms with Crippen molar-refractivity contribution in [1.29, 1.82) is 0 Å². The molecule has 0 radical (unpaired) electrons. The maximum absolute atomic E-state index is 11.8. The summed E-state index contributed by atoms with van der Waals surface area (Å²) in [5.41, 5.74) is 6.28. The first-order valence-electron chi connectivity index (χ1n) is 5.87. The van der Waals surface area contributed by atoms with Gasteiger partial charge in [-0.25, -0.2) is 0 Å². The number of hydrogen-bond donors (Lipinski definition) is 1. The molecule has 2 nitrogen and oxygen atoms in total. The second kappa shape index (κ2) is 2.60. The third-order valence-corrected chi connectivity index (χ3v) is 5.09. The van der Waals surface area contributed by atoms with Gasteiger partial charge in [0.25, 0.3) is 0 Å². The van der Waals surface area contributed by atoms with Crippen molar-refractivity contribution >= 4 is 5.78 Å². The van der Waals surface area contributed by atoms with Gasteiger partial charge in [0.2, 0.25) is 0 Å². The van der Waals surface area contributed by atoms with Crippen LogP contribution in [0.25, 0.3) is 0 Å². The van der Waals surface area contributed by atoms with Crippen molar-refractivity contribution < 1.29 is 4.79 Å². The van der Waals surface area contributed by atoms with Crippen LogP contribution in [0.2, 0.25) is 0 Å². The molecule has 0 aliphatic heterocycles. The van der Waals surface area contributed by atoms with Gasteiger partial charge in [-0.3, -0.25) is 4.79 Å². The largest absolute Gasteiger partial charge is 0.327 e. The number of carbonyl (C=O) groups excluding carboxylic acids is 1. The van der Waals surface area contributed by atoms with Crippen LogP contribution >= 0.6 is 0 Å². The van der Waals surface area contributed by atoms with E-state index in [0.717, 1.165) is 18.8 Å². The van der Waals surface area contributed by atoms with Crippen LogP contribution in [-0.4, -0.2) is 11.8 Å². The minimum Gasteiger partial charge on any atom is -0.327 e. The van der Waals surface area contributed by atoms with Gasteiger partial charge in [0.05, 0.1) is 0 Å². The smallest absolute Gasteiger partial charge is 0.135 e. The summed E-state index contributed by atoms with van der Waals surface area (Å²) in [6.45, 7) is 1.79. The van der Waals surface area contributed by atoms with Crippen LogP contribution in [0.4, 0.5) is 0 Å². The van der Waals surface area contributed by atoms with Gasteiger partial charge in [-0.15, -0.1) is 0 Å². The summed E-state index contributed by atoms with van der Waals surface area (Å²) in [7, 11) is 0. The molecule has 78 valence electrons. The van der Waals surface area contributed by atoms with Crippen LogP contribution in [0.3, 0.4) is 0 Å². The van der Waals surface area contributed by atoms with E-state index in [0.29, 0.717) is 23.7 Å². The first kappa shape index (κ1) is 8.90. The van der Waals surface area contributed by atoms with Crippen molar-refractivity contribution in [3.63, 3.8) is 0 Å². The number of carbonyl (C=O) groups is 1.